The number of aryl methyl sites for hydroxylation is 1. The Hall–Kier alpha value is -3.46. The van der Waals surface area contributed by atoms with Gasteiger partial charge >= 0.3 is 0 Å². The van der Waals surface area contributed by atoms with Gasteiger partial charge in [0.25, 0.3) is 5.91 Å². The molecule has 0 unspecified atom stereocenters. The quantitative estimate of drug-likeness (QED) is 0.539. The van der Waals surface area contributed by atoms with Crippen molar-refractivity contribution in [1.82, 2.24) is 4.98 Å². The van der Waals surface area contributed by atoms with Crippen LogP contribution in [0.15, 0.2) is 84.9 Å². The van der Waals surface area contributed by atoms with Crippen molar-refractivity contribution in [2.24, 2.45) is 0 Å². The maximum atomic E-state index is 13.0. The Morgan fingerprint density at radius 1 is 0.846 bits per heavy atom. The van der Waals surface area contributed by atoms with E-state index in [-0.39, 0.29) is 5.91 Å². The topological polar surface area (TPSA) is 42.0 Å². The monoisotopic (exact) mass is 338 g/mol. The van der Waals surface area contributed by atoms with Gasteiger partial charge in [0.05, 0.1) is 16.8 Å². The Morgan fingerprint density at radius 3 is 2.35 bits per heavy atom. The number of pyridine rings is 1. The number of hydrogen-bond acceptors (Lipinski definition) is 2. The van der Waals surface area contributed by atoms with Crippen LogP contribution in [0.25, 0.3) is 22.2 Å². The minimum atomic E-state index is -0.135. The molecule has 0 aliphatic heterocycles. The molecule has 1 amide bonds. The molecule has 3 aromatic carbocycles. The number of benzene rings is 3. The van der Waals surface area contributed by atoms with Crippen molar-refractivity contribution in [3.05, 3.63) is 96.1 Å². The average molecular weight is 338 g/mol. The summed E-state index contributed by atoms with van der Waals surface area (Å²) in [5.74, 6) is -0.135. The lowest BCUT2D eigenvalue weighted by Gasteiger charge is -2.12. The molecule has 4 aromatic rings. The van der Waals surface area contributed by atoms with E-state index >= 15 is 0 Å². The van der Waals surface area contributed by atoms with Crippen LogP contribution < -0.4 is 5.32 Å². The lowest BCUT2D eigenvalue weighted by molar-refractivity contribution is 0.102. The molecule has 3 heteroatoms. The largest absolute Gasteiger partial charge is 0.322 e. The first-order valence-electron chi connectivity index (χ1n) is 8.54. The lowest BCUT2D eigenvalue weighted by Crippen LogP contribution is -2.13. The minimum absolute atomic E-state index is 0.135. The molecule has 4 rings (SSSR count). The number of fused-ring (bicyclic) bond motifs is 1. The first kappa shape index (κ1) is 16.0. The van der Waals surface area contributed by atoms with Crippen molar-refractivity contribution in [1.29, 1.82) is 0 Å². The minimum Gasteiger partial charge on any atom is -0.322 e. The zero-order valence-electron chi connectivity index (χ0n) is 14.4. The number of hydrogen-bond donors (Lipinski definition) is 1. The molecule has 3 nitrogen and oxygen atoms in total. The fourth-order valence-electron chi connectivity index (χ4n) is 3.08. The zero-order valence-corrected chi connectivity index (χ0v) is 14.4. The van der Waals surface area contributed by atoms with E-state index in [2.05, 4.69) is 18.3 Å². The van der Waals surface area contributed by atoms with E-state index in [4.69, 9.17) is 4.98 Å². The van der Waals surface area contributed by atoms with Crippen LogP contribution in [0.1, 0.15) is 15.9 Å². The molecule has 0 bridgehead atoms. The van der Waals surface area contributed by atoms with Crippen molar-refractivity contribution >= 4 is 22.5 Å². The molecule has 1 N–H and O–H groups in total. The molecule has 0 atom stereocenters. The SMILES string of the molecule is Cc1ccccc1-c1cc(C(=O)Nc2ccccc2)c2ccccc2n1. The number of para-hydroxylation sites is 2. The van der Waals surface area contributed by atoms with Crippen molar-refractivity contribution in [3.8, 4) is 11.3 Å². The Kier molecular flexibility index (Phi) is 4.20. The number of rotatable bonds is 3. The van der Waals surface area contributed by atoms with Gasteiger partial charge in [0.15, 0.2) is 0 Å². The van der Waals surface area contributed by atoms with Gasteiger partial charge in [-0.2, -0.15) is 0 Å². The summed E-state index contributed by atoms with van der Waals surface area (Å²) in [5, 5.41) is 3.82. The van der Waals surface area contributed by atoms with Crippen LogP contribution in [-0.2, 0) is 0 Å². The molecular weight excluding hydrogens is 320 g/mol. The van der Waals surface area contributed by atoms with E-state index in [1.807, 2.05) is 78.9 Å². The summed E-state index contributed by atoms with van der Waals surface area (Å²) in [6, 6.07) is 27.2. The second-order valence-corrected chi connectivity index (χ2v) is 6.21. The van der Waals surface area contributed by atoms with Crippen LogP contribution in [0.4, 0.5) is 5.69 Å². The summed E-state index contributed by atoms with van der Waals surface area (Å²) >= 11 is 0. The number of aromatic nitrogens is 1. The van der Waals surface area contributed by atoms with Crippen molar-refractivity contribution in [2.45, 2.75) is 6.92 Å². The summed E-state index contributed by atoms with van der Waals surface area (Å²) in [5.41, 5.74) is 5.18. The normalized spacial score (nSPS) is 10.7. The molecule has 26 heavy (non-hydrogen) atoms. The Bertz CT molecular complexity index is 1090. The predicted molar refractivity (Wildman–Crippen MR) is 106 cm³/mol. The summed E-state index contributed by atoms with van der Waals surface area (Å²) in [7, 11) is 0. The summed E-state index contributed by atoms with van der Waals surface area (Å²) in [4.78, 5) is 17.7. The van der Waals surface area contributed by atoms with Gasteiger partial charge < -0.3 is 5.32 Å². The highest BCUT2D eigenvalue weighted by atomic mass is 16.1. The molecule has 0 spiro atoms. The molecule has 0 saturated heterocycles. The van der Waals surface area contributed by atoms with Crippen LogP contribution in [-0.4, -0.2) is 10.9 Å². The third kappa shape index (κ3) is 3.07. The van der Waals surface area contributed by atoms with E-state index in [0.29, 0.717) is 5.56 Å². The van der Waals surface area contributed by atoms with Crippen molar-refractivity contribution in [2.75, 3.05) is 5.32 Å². The summed E-state index contributed by atoms with van der Waals surface area (Å²) < 4.78 is 0. The van der Waals surface area contributed by atoms with Crippen LogP contribution in [0, 0.1) is 6.92 Å². The van der Waals surface area contributed by atoms with Gasteiger partial charge in [-0.25, -0.2) is 4.98 Å². The highest BCUT2D eigenvalue weighted by molar-refractivity contribution is 6.13. The molecule has 126 valence electrons. The molecule has 0 fully saturated rings. The Balaban J connectivity index is 1.85. The lowest BCUT2D eigenvalue weighted by atomic mass is 10.0. The average Bonchev–Trinajstić information content (AvgIpc) is 2.68. The number of nitrogens with one attached hydrogen (secondary N) is 1. The van der Waals surface area contributed by atoms with Gasteiger partial charge in [0, 0.05) is 16.6 Å². The third-order valence-electron chi connectivity index (χ3n) is 4.41. The van der Waals surface area contributed by atoms with Crippen LogP contribution >= 0.6 is 0 Å². The number of anilines is 1. The van der Waals surface area contributed by atoms with E-state index in [9.17, 15) is 4.79 Å². The Labute approximate surface area is 152 Å². The molecule has 0 aliphatic rings. The van der Waals surface area contributed by atoms with E-state index in [1.165, 1.54) is 0 Å². The number of nitrogens with zero attached hydrogens (tertiary/aromatic N) is 1. The highest BCUT2D eigenvalue weighted by Crippen LogP contribution is 2.27. The highest BCUT2D eigenvalue weighted by Gasteiger charge is 2.14. The standard InChI is InChI=1S/C23H18N2O/c1-16-9-5-6-12-18(16)22-15-20(19-13-7-8-14-21(19)25-22)23(26)24-17-10-3-2-4-11-17/h2-15H,1H3,(H,24,26). The van der Waals surface area contributed by atoms with E-state index in [1.54, 1.807) is 0 Å². The van der Waals surface area contributed by atoms with Gasteiger partial charge in [0.1, 0.15) is 0 Å². The van der Waals surface area contributed by atoms with Gasteiger partial charge in [-0.15, -0.1) is 0 Å². The first-order valence-corrected chi connectivity index (χ1v) is 8.54. The fourth-order valence-corrected chi connectivity index (χ4v) is 3.08. The number of carbonyl (C=O) groups excluding carboxylic acids is 1. The van der Waals surface area contributed by atoms with Crippen LogP contribution in [0.5, 0.6) is 0 Å². The molecular formula is C23H18N2O. The van der Waals surface area contributed by atoms with Crippen LogP contribution in [0.3, 0.4) is 0 Å². The van der Waals surface area contributed by atoms with Gasteiger partial charge in [-0.05, 0) is 36.8 Å². The summed E-state index contributed by atoms with van der Waals surface area (Å²) in [6.07, 6.45) is 0. The third-order valence-corrected chi connectivity index (χ3v) is 4.41. The van der Waals surface area contributed by atoms with Crippen LogP contribution in [0.2, 0.25) is 0 Å². The molecule has 0 aliphatic carbocycles. The van der Waals surface area contributed by atoms with E-state index in [0.717, 1.165) is 33.4 Å². The summed E-state index contributed by atoms with van der Waals surface area (Å²) in [6.45, 7) is 2.05. The molecule has 1 heterocycles. The van der Waals surface area contributed by atoms with Crippen molar-refractivity contribution in [3.63, 3.8) is 0 Å². The second kappa shape index (κ2) is 6.81. The van der Waals surface area contributed by atoms with E-state index < -0.39 is 0 Å². The maximum absolute atomic E-state index is 13.0. The zero-order chi connectivity index (χ0) is 17.9. The van der Waals surface area contributed by atoms with Crippen molar-refractivity contribution < 1.29 is 4.79 Å². The molecule has 1 aromatic heterocycles. The second-order valence-electron chi connectivity index (χ2n) is 6.21. The number of carbonyl (C=O) groups is 1. The molecule has 0 saturated carbocycles. The van der Waals surface area contributed by atoms with Gasteiger partial charge in [-0.1, -0.05) is 60.7 Å². The number of amides is 1. The smallest absolute Gasteiger partial charge is 0.256 e. The maximum Gasteiger partial charge on any atom is 0.256 e. The molecule has 0 radical (unpaired) electrons. The van der Waals surface area contributed by atoms with Gasteiger partial charge in [-0.3, -0.25) is 4.79 Å². The van der Waals surface area contributed by atoms with Gasteiger partial charge in [0.2, 0.25) is 0 Å². The fraction of sp³-hybridized carbons (Fsp3) is 0.0435. The predicted octanol–water partition coefficient (Wildman–Crippen LogP) is 5.46. The first-order chi connectivity index (χ1) is 12.7. The Morgan fingerprint density at radius 2 is 1.54 bits per heavy atom.